The Labute approximate surface area is 180 Å². The van der Waals surface area contributed by atoms with Crippen molar-refractivity contribution >= 4 is 34.2 Å². The molecule has 0 radical (unpaired) electrons. The summed E-state index contributed by atoms with van der Waals surface area (Å²) in [7, 11) is 1.56. The molecule has 2 N–H and O–H groups in total. The van der Waals surface area contributed by atoms with E-state index < -0.39 is 18.5 Å². The number of benzene rings is 3. The zero-order valence-corrected chi connectivity index (χ0v) is 17.6. The van der Waals surface area contributed by atoms with Crippen LogP contribution in [-0.2, 0) is 14.3 Å². The highest BCUT2D eigenvalue weighted by Gasteiger charge is 2.18. The third kappa shape index (κ3) is 5.39. The van der Waals surface area contributed by atoms with E-state index in [2.05, 4.69) is 10.6 Å². The minimum Gasteiger partial charge on any atom is -0.496 e. The molecule has 0 fully saturated rings. The van der Waals surface area contributed by atoms with Crippen LogP contribution >= 0.6 is 0 Å². The van der Waals surface area contributed by atoms with E-state index in [1.165, 1.54) is 6.92 Å². The van der Waals surface area contributed by atoms with Gasteiger partial charge in [0.1, 0.15) is 5.75 Å². The summed E-state index contributed by atoms with van der Waals surface area (Å²) in [5, 5.41) is 7.12. The predicted octanol–water partition coefficient (Wildman–Crippen LogP) is 3.84. The average Bonchev–Trinajstić information content (AvgIpc) is 2.76. The molecule has 31 heavy (non-hydrogen) atoms. The Morgan fingerprint density at radius 1 is 0.968 bits per heavy atom. The number of fused-ring (bicyclic) bond motifs is 1. The Morgan fingerprint density at radius 2 is 1.61 bits per heavy atom. The number of methoxy groups -OCH3 is 1. The van der Waals surface area contributed by atoms with Gasteiger partial charge in [0.05, 0.1) is 24.4 Å². The van der Waals surface area contributed by atoms with E-state index in [1.54, 1.807) is 25.3 Å². The Bertz CT molecular complexity index is 1130. The highest BCUT2D eigenvalue weighted by atomic mass is 16.5. The van der Waals surface area contributed by atoms with Gasteiger partial charge in [0.2, 0.25) is 5.91 Å². The monoisotopic (exact) mass is 420 g/mol. The van der Waals surface area contributed by atoms with Gasteiger partial charge in [-0.05, 0) is 35.9 Å². The highest BCUT2D eigenvalue weighted by Crippen LogP contribution is 2.26. The maximum absolute atomic E-state index is 12.7. The summed E-state index contributed by atoms with van der Waals surface area (Å²) < 4.78 is 10.5. The first-order valence-electron chi connectivity index (χ1n) is 9.79. The van der Waals surface area contributed by atoms with Gasteiger partial charge in [-0.25, -0.2) is 4.79 Å². The quantitative estimate of drug-likeness (QED) is 0.567. The number of anilines is 1. The van der Waals surface area contributed by atoms with Crippen LogP contribution in [0.25, 0.3) is 10.8 Å². The molecule has 0 saturated heterocycles. The average molecular weight is 420 g/mol. The van der Waals surface area contributed by atoms with Gasteiger partial charge in [0, 0.05) is 12.5 Å². The first-order valence-corrected chi connectivity index (χ1v) is 9.79. The lowest BCUT2D eigenvalue weighted by Gasteiger charge is -2.17. The molecule has 1 atom stereocenters. The summed E-state index contributed by atoms with van der Waals surface area (Å²) in [6.45, 7) is 2.72. The molecule has 0 saturated carbocycles. The minimum absolute atomic E-state index is 0.180. The van der Waals surface area contributed by atoms with Gasteiger partial charge in [-0.3, -0.25) is 9.59 Å². The summed E-state index contributed by atoms with van der Waals surface area (Å²) in [5.74, 6) is -0.806. The maximum Gasteiger partial charge on any atom is 0.340 e. The van der Waals surface area contributed by atoms with E-state index in [9.17, 15) is 14.4 Å². The molecule has 2 amide bonds. The molecule has 0 aromatic heterocycles. The molecule has 0 bridgehead atoms. The van der Waals surface area contributed by atoms with Gasteiger partial charge in [0.15, 0.2) is 6.61 Å². The zero-order chi connectivity index (χ0) is 22.4. The first-order chi connectivity index (χ1) is 14.9. The second-order valence-corrected chi connectivity index (χ2v) is 7.03. The highest BCUT2D eigenvalue weighted by molar-refractivity contribution is 6.05. The van der Waals surface area contributed by atoms with E-state index in [4.69, 9.17) is 9.47 Å². The Hall–Kier alpha value is -3.87. The molecule has 0 aliphatic rings. The van der Waals surface area contributed by atoms with Crippen LogP contribution in [0.1, 0.15) is 35.8 Å². The standard InChI is InChI=1S/C24H24N2O5/c1-15(19-10-6-7-11-22(19)30-3)25-23(28)14-31-24(29)20-12-17-8-4-5-9-18(17)13-21(20)26-16(2)27/h4-13,15H,14H2,1-3H3,(H,25,28)(H,26,27). The van der Waals surface area contributed by atoms with Crippen molar-refractivity contribution in [2.24, 2.45) is 0 Å². The number of hydrogen-bond acceptors (Lipinski definition) is 5. The Kier molecular flexibility index (Phi) is 6.87. The van der Waals surface area contributed by atoms with E-state index in [-0.39, 0.29) is 17.5 Å². The fourth-order valence-corrected chi connectivity index (χ4v) is 3.30. The predicted molar refractivity (Wildman–Crippen MR) is 118 cm³/mol. The third-order valence-corrected chi connectivity index (χ3v) is 4.73. The first kappa shape index (κ1) is 21.8. The molecule has 160 valence electrons. The van der Waals surface area contributed by atoms with Gasteiger partial charge in [-0.2, -0.15) is 0 Å². The molecule has 0 aliphatic carbocycles. The van der Waals surface area contributed by atoms with Crippen LogP contribution in [0, 0.1) is 0 Å². The van der Waals surface area contributed by atoms with Gasteiger partial charge >= 0.3 is 5.97 Å². The van der Waals surface area contributed by atoms with Crippen molar-refractivity contribution in [3.8, 4) is 5.75 Å². The fourth-order valence-electron chi connectivity index (χ4n) is 3.30. The molecule has 7 nitrogen and oxygen atoms in total. The second-order valence-electron chi connectivity index (χ2n) is 7.03. The normalized spacial score (nSPS) is 11.5. The molecule has 3 aromatic carbocycles. The van der Waals surface area contributed by atoms with Crippen LogP contribution in [0.2, 0.25) is 0 Å². The number of rotatable bonds is 7. The number of carbonyl (C=O) groups is 3. The second kappa shape index (κ2) is 9.75. The topological polar surface area (TPSA) is 93.7 Å². The third-order valence-electron chi connectivity index (χ3n) is 4.73. The van der Waals surface area contributed by atoms with Crippen LogP contribution in [0.4, 0.5) is 5.69 Å². The zero-order valence-electron chi connectivity index (χ0n) is 17.6. The largest absolute Gasteiger partial charge is 0.496 e. The van der Waals surface area contributed by atoms with Gasteiger partial charge in [0.25, 0.3) is 5.91 Å². The Balaban J connectivity index is 1.70. The molecule has 7 heteroatoms. The lowest BCUT2D eigenvalue weighted by Crippen LogP contribution is -2.31. The number of carbonyl (C=O) groups excluding carboxylic acids is 3. The smallest absolute Gasteiger partial charge is 0.340 e. The molecule has 1 unspecified atom stereocenters. The fraction of sp³-hybridized carbons (Fsp3) is 0.208. The van der Waals surface area contributed by atoms with Crippen LogP contribution in [-0.4, -0.2) is 31.5 Å². The van der Waals surface area contributed by atoms with Crippen LogP contribution < -0.4 is 15.4 Å². The lowest BCUT2D eigenvalue weighted by atomic mass is 10.0. The summed E-state index contributed by atoms with van der Waals surface area (Å²) in [4.78, 5) is 36.6. The summed E-state index contributed by atoms with van der Waals surface area (Å²) in [5.41, 5.74) is 1.32. The number of nitrogens with one attached hydrogen (secondary N) is 2. The maximum atomic E-state index is 12.7. The molecule has 3 rings (SSSR count). The summed E-state index contributed by atoms with van der Waals surface area (Å²) >= 11 is 0. The summed E-state index contributed by atoms with van der Waals surface area (Å²) in [6, 6.07) is 17.8. The van der Waals surface area contributed by atoms with E-state index in [1.807, 2.05) is 49.4 Å². The van der Waals surface area contributed by atoms with Crippen LogP contribution in [0.15, 0.2) is 60.7 Å². The van der Waals surface area contributed by atoms with E-state index >= 15 is 0 Å². The van der Waals surface area contributed by atoms with Crippen molar-refractivity contribution in [3.63, 3.8) is 0 Å². The van der Waals surface area contributed by atoms with E-state index in [0.29, 0.717) is 11.4 Å². The molecule has 3 aromatic rings. The number of para-hydroxylation sites is 1. The van der Waals surface area contributed by atoms with E-state index in [0.717, 1.165) is 16.3 Å². The van der Waals surface area contributed by atoms with Gasteiger partial charge in [-0.1, -0.05) is 42.5 Å². The number of ether oxygens (including phenoxy) is 2. The SMILES string of the molecule is COc1ccccc1C(C)NC(=O)COC(=O)c1cc2ccccc2cc1NC(C)=O. The lowest BCUT2D eigenvalue weighted by molar-refractivity contribution is -0.124. The van der Waals surface area contributed by atoms with Crippen molar-refractivity contribution in [1.82, 2.24) is 5.32 Å². The van der Waals surface area contributed by atoms with Crippen LogP contribution in [0.5, 0.6) is 5.75 Å². The van der Waals surface area contributed by atoms with Crippen molar-refractivity contribution in [2.75, 3.05) is 19.0 Å². The molecular formula is C24H24N2O5. The minimum atomic E-state index is -0.699. The summed E-state index contributed by atoms with van der Waals surface area (Å²) in [6.07, 6.45) is 0. The van der Waals surface area contributed by atoms with Gasteiger partial charge < -0.3 is 20.1 Å². The number of hydrogen-bond donors (Lipinski definition) is 2. The molecular weight excluding hydrogens is 396 g/mol. The molecule has 0 spiro atoms. The molecule has 0 heterocycles. The van der Waals surface area contributed by atoms with Crippen molar-refractivity contribution in [1.29, 1.82) is 0 Å². The van der Waals surface area contributed by atoms with Crippen molar-refractivity contribution in [3.05, 3.63) is 71.8 Å². The van der Waals surface area contributed by atoms with Crippen molar-refractivity contribution in [2.45, 2.75) is 19.9 Å². The van der Waals surface area contributed by atoms with Crippen LogP contribution in [0.3, 0.4) is 0 Å². The Morgan fingerprint density at radius 3 is 2.29 bits per heavy atom. The number of esters is 1. The number of amides is 2. The van der Waals surface area contributed by atoms with Gasteiger partial charge in [-0.15, -0.1) is 0 Å². The van der Waals surface area contributed by atoms with Crippen molar-refractivity contribution < 1.29 is 23.9 Å². The molecule has 0 aliphatic heterocycles.